The maximum Gasteiger partial charge on any atom is 0.315 e. The van der Waals surface area contributed by atoms with Crippen LogP contribution in [0.15, 0.2) is 54.6 Å². The summed E-state index contributed by atoms with van der Waals surface area (Å²) in [6, 6.07) is 16.0. The summed E-state index contributed by atoms with van der Waals surface area (Å²) < 4.78 is 0. The lowest BCUT2D eigenvalue weighted by atomic mass is 10.0. The zero-order valence-electron chi connectivity index (χ0n) is 14.5. The second-order valence-corrected chi connectivity index (χ2v) is 5.97. The molecule has 0 spiro atoms. The van der Waals surface area contributed by atoms with Gasteiger partial charge in [-0.15, -0.1) is 0 Å². The van der Waals surface area contributed by atoms with Crippen molar-refractivity contribution in [2.45, 2.75) is 38.3 Å². The summed E-state index contributed by atoms with van der Waals surface area (Å²) in [5.41, 5.74) is 1.70. The van der Waals surface area contributed by atoms with Crippen LogP contribution in [-0.4, -0.2) is 22.9 Å². The Morgan fingerprint density at radius 1 is 1.00 bits per heavy atom. The average molecular weight is 342 g/mol. The van der Waals surface area contributed by atoms with Gasteiger partial charge in [0.15, 0.2) is 0 Å². The number of carbonyl (C=O) groups excluding carboxylic acids is 1. The normalized spacial score (nSPS) is 13.0. The Balaban J connectivity index is 2.06. The molecule has 134 valence electrons. The lowest BCUT2D eigenvalue weighted by Crippen LogP contribution is -2.40. The van der Waals surface area contributed by atoms with Crippen molar-refractivity contribution in [3.63, 3.8) is 0 Å². The van der Waals surface area contributed by atoms with E-state index in [0.29, 0.717) is 24.8 Å². The monoisotopic (exact) mass is 342 g/mol. The summed E-state index contributed by atoms with van der Waals surface area (Å²) >= 11 is 0. The molecule has 5 nitrogen and oxygen atoms in total. The van der Waals surface area contributed by atoms with Gasteiger partial charge in [-0.2, -0.15) is 0 Å². The first-order valence-corrected chi connectivity index (χ1v) is 8.66. The molecule has 0 aromatic heterocycles. The van der Waals surface area contributed by atoms with Crippen LogP contribution in [0.25, 0.3) is 0 Å². The van der Waals surface area contributed by atoms with Crippen molar-refractivity contribution < 1.29 is 15.0 Å². The molecule has 4 N–H and O–H groups in total. The van der Waals surface area contributed by atoms with Crippen LogP contribution in [0, 0.1) is 0 Å². The van der Waals surface area contributed by atoms with Gasteiger partial charge in [-0.3, -0.25) is 0 Å². The molecule has 2 rings (SSSR count). The molecule has 5 heteroatoms. The van der Waals surface area contributed by atoms with Gasteiger partial charge < -0.3 is 20.8 Å². The van der Waals surface area contributed by atoms with Gasteiger partial charge >= 0.3 is 6.03 Å². The SMILES string of the molecule is CCC(NC(=O)NC(CCCO)c1ccccc1)c1ccccc1O. The van der Waals surface area contributed by atoms with Gasteiger partial charge in [0.25, 0.3) is 0 Å². The van der Waals surface area contributed by atoms with E-state index in [2.05, 4.69) is 10.6 Å². The highest BCUT2D eigenvalue weighted by Crippen LogP contribution is 2.26. The molecular weight excluding hydrogens is 316 g/mol. The Morgan fingerprint density at radius 2 is 1.64 bits per heavy atom. The molecule has 0 bridgehead atoms. The Labute approximate surface area is 148 Å². The fourth-order valence-electron chi connectivity index (χ4n) is 2.84. The number of carbonyl (C=O) groups is 1. The zero-order valence-corrected chi connectivity index (χ0v) is 14.5. The van der Waals surface area contributed by atoms with Crippen LogP contribution in [0.5, 0.6) is 5.75 Å². The third-order valence-electron chi connectivity index (χ3n) is 4.18. The van der Waals surface area contributed by atoms with Crippen LogP contribution in [0.2, 0.25) is 0 Å². The molecule has 0 aliphatic carbocycles. The van der Waals surface area contributed by atoms with E-state index in [1.54, 1.807) is 12.1 Å². The van der Waals surface area contributed by atoms with Crippen LogP contribution < -0.4 is 10.6 Å². The van der Waals surface area contributed by atoms with E-state index in [4.69, 9.17) is 5.11 Å². The van der Waals surface area contributed by atoms with Crippen molar-refractivity contribution in [3.05, 3.63) is 65.7 Å². The summed E-state index contributed by atoms with van der Waals surface area (Å²) in [4.78, 5) is 12.5. The minimum Gasteiger partial charge on any atom is -0.508 e. The molecule has 0 heterocycles. The van der Waals surface area contributed by atoms with E-state index in [9.17, 15) is 9.90 Å². The van der Waals surface area contributed by atoms with Crippen LogP contribution in [0.3, 0.4) is 0 Å². The number of phenols is 1. The predicted molar refractivity (Wildman–Crippen MR) is 98.3 cm³/mol. The quantitative estimate of drug-likeness (QED) is 0.591. The van der Waals surface area contributed by atoms with Crippen molar-refractivity contribution in [2.24, 2.45) is 0 Å². The van der Waals surface area contributed by atoms with E-state index in [-0.39, 0.29) is 30.5 Å². The average Bonchev–Trinajstić information content (AvgIpc) is 2.64. The molecule has 0 aliphatic heterocycles. The number of phenolic OH excluding ortho intramolecular Hbond substituents is 1. The van der Waals surface area contributed by atoms with E-state index in [1.165, 1.54) is 0 Å². The highest BCUT2D eigenvalue weighted by Gasteiger charge is 2.19. The highest BCUT2D eigenvalue weighted by atomic mass is 16.3. The number of hydrogen-bond donors (Lipinski definition) is 4. The number of rotatable bonds is 8. The molecule has 2 atom stereocenters. The smallest absolute Gasteiger partial charge is 0.315 e. The van der Waals surface area contributed by atoms with Crippen LogP contribution in [0.1, 0.15) is 49.4 Å². The van der Waals surface area contributed by atoms with E-state index >= 15 is 0 Å². The lowest BCUT2D eigenvalue weighted by Gasteiger charge is -2.23. The van der Waals surface area contributed by atoms with Crippen LogP contribution >= 0.6 is 0 Å². The van der Waals surface area contributed by atoms with Gasteiger partial charge in [-0.05, 0) is 30.9 Å². The largest absolute Gasteiger partial charge is 0.508 e. The Bertz CT molecular complexity index is 661. The topological polar surface area (TPSA) is 81.6 Å². The Morgan fingerprint density at radius 3 is 2.28 bits per heavy atom. The van der Waals surface area contributed by atoms with E-state index in [0.717, 1.165) is 5.56 Å². The van der Waals surface area contributed by atoms with E-state index in [1.807, 2.05) is 49.4 Å². The summed E-state index contributed by atoms with van der Waals surface area (Å²) in [6.45, 7) is 2.04. The van der Waals surface area contributed by atoms with Gasteiger partial charge in [0.1, 0.15) is 5.75 Å². The summed E-state index contributed by atoms with van der Waals surface area (Å²) in [5, 5.41) is 25.0. The molecule has 2 unspecified atom stereocenters. The van der Waals surface area contributed by atoms with Crippen molar-refractivity contribution in [1.29, 1.82) is 0 Å². The summed E-state index contributed by atoms with van der Waals surface area (Å²) in [5.74, 6) is 0.175. The van der Waals surface area contributed by atoms with Gasteiger partial charge in [0, 0.05) is 12.2 Å². The molecule has 0 saturated heterocycles. The van der Waals surface area contributed by atoms with Crippen molar-refractivity contribution in [3.8, 4) is 5.75 Å². The maximum atomic E-state index is 12.5. The molecular formula is C20H26N2O3. The third-order valence-corrected chi connectivity index (χ3v) is 4.18. The van der Waals surface area contributed by atoms with Crippen LogP contribution in [0.4, 0.5) is 4.79 Å². The molecule has 2 aromatic carbocycles. The minimum atomic E-state index is -0.290. The Hall–Kier alpha value is -2.53. The molecule has 0 fully saturated rings. The van der Waals surface area contributed by atoms with Gasteiger partial charge in [-0.25, -0.2) is 4.79 Å². The van der Waals surface area contributed by atoms with Gasteiger partial charge in [0.2, 0.25) is 0 Å². The first-order chi connectivity index (χ1) is 12.2. The maximum absolute atomic E-state index is 12.5. The standard InChI is InChI=1S/C20H26N2O3/c1-2-17(16-11-6-7-13-19(16)24)21-20(25)22-18(12-8-14-23)15-9-4-3-5-10-15/h3-7,9-11,13,17-18,23-24H,2,8,12,14H2,1H3,(H2,21,22,25). The molecule has 25 heavy (non-hydrogen) atoms. The molecule has 2 amide bonds. The number of aromatic hydroxyl groups is 1. The second-order valence-electron chi connectivity index (χ2n) is 5.97. The van der Waals surface area contributed by atoms with E-state index < -0.39 is 0 Å². The van der Waals surface area contributed by atoms with Crippen LogP contribution in [-0.2, 0) is 0 Å². The summed E-state index contributed by atoms with van der Waals surface area (Å²) in [6.07, 6.45) is 1.93. The summed E-state index contributed by atoms with van der Waals surface area (Å²) in [7, 11) is 0. The number of benzene rings is 2. The number of aliphatic hydroxyl groups is 1. The second kappa shape index (κ2) is 9.69. The molecule has 0 saturated carbocycles. The fourth-order valence-corrected chi connectivity index (χ4v) is 2.84. The minimum absolute atomic E-state index is 0.0854. The first kappa shape index (κ1) is 18.8. The number of hydrogen-bond acceptors (Lipinski definition) is 3. The number of nitrogens with one attached hydrogen (secondary N) is 2. The highest BCUT2D eigenvalue weighted by molar-refractivity contribution is 5.75. The number of urea groups is 1. The third kappa shape index (κ3) is 5.50. The zero-order chi connectivity index (χ0) is 18.1. The molecule has 0 aliphatic rings. The number of amides is 2. The number of aliphatic hydroxyl groups excluding tert-OH is 1. The first-order valence-electron chi connectivity index (χ1n) is 8.66. The predicted octanol–water partition coefficient (Wildman–Crippen LogP) is 3.66. The van der Waals surface area contributed by atoms with Gasteiger partial charge in [-0.1, -0.05) is 55.5 Å². The molecule has 0 radical (unpaired) electrons. The van der Waals surface area contributed by atoms with Crippen molar-refractivity contribution >= 4 is 6.03 Å². The molecule has 2 aromatic rings. The van der Waals surface area contributed by atoms with Crippen molar-refractivity contribution in [1.82, 2.24) is 10.6 Å². The number of para-hydroxylation sites is 1. The van der Waals surface area contributed by atoms with Gasteiger partial charge in [0.05, 0.1) is 12.1 Å². The fraction of sp³-hybridized carbons (Fsp3) is 0.350. The van der Waals surface area contributed by atoms with Crippen molar-refractivity contribution in [2.75, 3.05) is 6.61 Å². The Kier molecular flexibility index (Phi) is 7.29. The lowest BCUT2D eigenvalue weighted by molar-refractivity contribution is 0.229.